The van der Waals surface area contributed by atoms with Crippen molar-refractivity contribution < 1.29 is 9.32 Å². The minimum atomic E-state index is -0.293. The Hall–Kier alpha value is -2.47. The fourth-order valence-corrected chi connectivity index (χ4v) is 2.88. The van der Waals surface area contributed by atoms with Crippen molar-refractivity contribution >= 4 is 23.1 Å². The summed E-state index contributed by atoms with van der Waals surface area (Å²) in [5, 5.41) is 9.18. The summed E-state index contributed by atoms with van der Waals surface area (Å²) in [5.74, 6) is 0.824. The first kappa shape index (κ1) is 16.4. The maximum absolute atomic E-state index is 12.3. The zero-order chi connectivity index (χ0) is 17.3. The Balaban J connectivity index is 1.74. The number of carbonyl (C=O) groups excluding carboxylic acids is 1. The van der Waals surface area contributed by atoms with Crippen molar-refractivity contribution in [3.63, 3.8) is 0 Å². The van der Waals surface area contributed by atoms with Crippen LogP contribution in [0.5, 0.6) is 0 Å². The van der Waals surface area contributed by atoms with E-state index in [1.165, 1.54) is 16.9 Å². The highest BCUT2D eigenvalue weighted by molar-refractivity contribution is 7.13. The summed E-state index contributed by atoms with van der Waals surface area (Å²) in [6.45, 7) is 8.10. The molecule has 0 aliphatic heterocycles. The van der Waals surface area contributed by atoms with Crippen LogP contribution < -0.4 is 5.32 Å². The molecule has 2 heterocycles. The molecular weight excluding hydrogens is 322 g/mol. The van der Waals surface area contributed by atoms with Crippen molar-refractivity contribution in [1.29, 1.82) is 0 Å². The molecule has 0 bridgehead atoms. The Labute approximate surface area is 144 Å². The Kier molecular flexibility index (Phi) is 4.24. The van der Waals surface area contributed by atoms with Gasteiger partial charge >= 0.3 is 0 Å². The molecule has 0 radical (unpaired) electrons. The minimum Gasteiger partial charge on any atom is -0.359 e. The van der Waals surface area contributed by atoms with Crippen LogP contribution in [0.3, 0.4) is 0 Å². The first-order chi connectivity index (χ1) is 11.3. The predicted molar refractivity (Wildman–Crippen MR) is 95.4 cm³/mol. The van der Waals surface area contributed by atoms with Crippen LogP contribution in [0.4, 0.5) is 5.82 Å². The van der Waals surface area contributed by atoms with Gasteiger partial charge in [-0.3, -0.25) is 4.79 Å². The standard InChI is InChI=1S/C18H19N3O2S/c1-11-5-7-12(8-6-11)17-19-13(10-24-17)16(22)20-15-9-14(23-21-15)18(2,3)4/h5-10H,1-4H3,(H,20,21,22). The third kappa shape index (κ3) is 3.54. The van der Waals surface area contributed by atoms with E-state index in [-0.39, 0.29) is 11.3 Å². The van der Waals surface area contributed by atoms with Crippen LogP contribution in [0, 0.1) is 6.92 Å². The average molecular weight is 341 g/mol. The van der Waals surface area contributed by atoms with E-state index in [2.05, 4.69) is 15.5 Å². The number of anilines is 1. The van der Waals surface area contributed by atoms with Gasteiger partial charge < -0.3 is 9.84 Å². The van der Waals surface area contributed by atoms with Gasteiger partial charge in [-0.2, -0.15) is 0 Å². The number of rotatable bonds is 3. The molecule has 1 aromatic carbocycles. The van der Waals surface area contributed by atoms with E-state index in [1.807, 2.05) is 52.0 Å². The van der Waals surface area contributed by atoms with Gasteiger partial charge in [0.25, 0.3) is 5.91 Å². The predicted octanol–water partition coefficient (Wildman–Crippen LogP) is 4.66. The Morgan fingerprint density at radius 2 is 1.92 bits per heavy atom. The van der Waals surface area contributed by atoms with Crippen LogP contribution in [-0.2, 0) is 5.41 Å². The molecule has 3 rings (SSSR count). The normalized spacial score (nSPS) is 11.5. The van der Waals surface area contributed by atoms with Gasteiger partial charge in [0.15, 0.2) is 5.82 Å². The van der Waals surface area contributed by atoms with Crippen molar-refractivity contribution in [2.75, 3.05) is 5.32 Å². The Morgan fingerprint density at radius 3 is 2.54 bits per heavy atom. The Morgan fingerprint density at radius 1 is 1.21 bits per heavy atom. The SMILES string of the molecule is Cc1ccc(-c2nc(C(=O)Nc3cc(C(C)(C)C)on3)cs2)cc1. The van der Waals surface area contributed by atoms with Crippen molar-refractivity contribution in [2.24, 2.45) is 0 Å². The molecule has 1 amide bonds. The second-order valence-corrected chi connectivity index (χ2v) is 7.54. The van der Waals surface area contributed by atoms with Gasteiger partial charge in [-0.1, -0.05) is 55.8 Å². The number of amides is 1. The van der Waals surface area contributed by atoms with E-state index in [9.17, 15) is 4.79 Å². The van der Waals surface area contributed by atoms with E-state index >= 15 is 0 Å². The van der Waals surface area contributed by atoms with Crippen LogP contribution in [0.2, 0.25) is 0 Å². The topological polar surface area (TPSA) is 68.0 Å². The molecule has 0 unspecified atom stereocenters. The monoisotopic (exact) mass is 341 g/mol. The molecule has 1 N–H and O–H groups in total. The first-order valence-electron chi connectivity index (χ1n) is 7.64. The number of nitrogens with one attached hydrogen (secondary N) is 1. The summed E-state index contributed by atoms with van der Waals surface area (Å²) in [6.07, 6.45) is 0. The third-order valence-electron chi connectivity index (χ3n) is 3.53. The lowest BCUT2D eigenvalue weighted by Crippen LogP contribution is -2.13. The van der Waals surface area contributed by atoms with Crippen LogP contribution in [0.25, 0.3) is 10.6 Å². The largest absolute Gasteiger partial charge is 0.359 e. The fourth-order valence-electron chi connectivity index (χ4n) is 2.07. The van der Waals surface area contributed by atoms with E-state index in [1.54, 1.807) is 11.4 Å². The smallest absolute Gasteiger partial charge is 0.276 e. The highest BCUT2D eigenvalue weighted by atomic mass is 32.1. The summed E-state index contributed by atoms with van der Waals surface area (Å²) < 4.78 is 5.27. The lowest BCUT2D eigenvalue weighted by molar-refractivity contribution is 0.102. The van der Waals surface area contributed by atoms with Crippen molar-refractivity contribution in [1.82, 2.24) is 10.1 Å². The molecule has 0 aliphatic rings. The second-order valence-electron chi connectivity index (χ2n) is 6.68. The summed E-state index contributed by atoms with van der Waals surface area (Å²) in [7, 11) is 0. The number of aryl methyl sites for hydroxylation is 1. The molecule has 0 saturated heterocycles. The lowest BCUT2D eigenvalue weighted by atomic mass is 9.93. The summed E-state index contributed by atoms with van der Waals surface area (Å²) in [5.41, 5.74) is 2.40. The molecule has 24 heavy (non-hydrogen) atoms. The average Bonchev–Trinajstić information content (AvgIpc) is 3.16. The zero-order valence-electron chi connectivity index (χ0n) is 14.1. The van der Waals surface area contributed by atoms with Crippen molar-refractivity contribution in [3.05, 3.63) is 52.7 Å². The van der Waals surface area contributed by atoms with E-state index in [0.29, 0.717) is 11.5 Å². The molecule has 0 aliphatic carbocycles. The van der Waals surface area contributed by atoms with Crippen LogP contribution in [0.1, 0.15) is 42.6 Å². The summed E-state index contributed by atoms with van der Waals surface area (Å²) in [6, 6.07) is 9.80. The third-order valence-corrected chi connectivity index (χ3v) is 4.42. The van der Waals surface area contributed by atoms with Gasteiger partial charge in [0.1, 0.15) is 16.5 Å². The van der Waals surface area contributed by atoms with E-state index in [0.717, 1.165) is 16.3 Å². The molecule has 0 fully saturated rings. The molecular formula is C18H19N3O2S. The first-order valence-corrected chi connectivity index (χ1v) is 8.52. The summed E-state index contributed by atoms with van der Waals surface area (Å²) >= 11 is 1.44. The van der Waals surface area contributed by atoms with Gasteiger partial charge in [0.2, 0.25) is 0 Å². The van der Waals surface area contributed by atoms with E-state index < -0.39 is 0 Å². The van der Waals surface area contributed by atoms with Gasteiger partial charge in [0.05, 0.1) is 0 Å². The molecule has 2 aromatic heterocycles. The number of hydrogen-bond donors (Lipinski definition) is 1. The molecule has 0 atom stereocenters. The highest BCUT2D eigenvalue weighted by Gasteiger charge is 2.21. The lowest BCUT2D eigenvalue weighted by Gasteiger charge is -2.11. The number of nitrogens with zero attached hydrogens (tertiary/aromatic N) is 2. The highest BCUT2D eigenvalue weighted by Crippen LogP contribution is 2.26. The van der Waals surface area contributed by atoms with Crippen molar-refractivity contribution in [2.45, 2.75) is 33.1 Å². The molecule has 5 nitrogen and oxygen atoms in total. The fraction of sp³-hybridized carbons (Fsp3) is 0.278. The van der Waals surface area contributed by atoms with Gasteiger partial charge in [-0.05, 0) is 6.92 Å². The van der Waals surface area contributed by atoms with Gasteiger partial charge in [0, 0.05) is 22.4 Å². The maximum Gasteiger partial charge on any atom is 0.276 e. The minimum absolute atomic E-state index is 0.158. The number of thiazole rings is 1. The quantitative estimate of drug-likeness (QED) is 0.752. The molecule has 3 aromatic rings. The van der Waals surface area contributed by atoms with E-state index in [4.69, 9.17) is 4.52 Å². The Bertz CT molecular complexity index is 857. The number of carbonyl (C=O) groups is 1. The molecule has 124 valence electrons. The zero-order valence-corrected chi connectivity index (χ0v) is 14.9. The number of aromatic nitrogens is 2. The molecule has 6 heteroatoms. The second kappa shape index (κ2) is 6.20. The molecule has 0 saturated carbocycles. The van der Waals surface area contributed by atoms with Crippen molar-refractivity contribution in [3.8, 4) is 10.6 Å². The van der Waals surface area contributed by atoms with Crippen LogP contribution >= 0.6 is 11.3 Å². The number of benzene rings is 1. The van der Waals surface area contributed by atoms with Gasteiger partial charge in [-0.15, -0.1) is 11.3 Å². The maximum atomic E-state index is 12.3. The summed E-state index contributed by atoms with van der Waals surface area (Å²) in [4.78, 5) is 16.7. The van der Waals surface area contributed by atoms with Crippen LogP contribution in [-0.4, -0.2) is 16.0 Å². The van der Waals surface area contributed by atoms with Crippen LogP contribution in [0.15, 0.2) is 40.2 Å². The van der Waals surface area contributed by atoms with Gasteiger partial charge in [-0.25, -0.2) is 4.98 Å². The molecule has 0 spiro atoms. The number of hydrogen-bond acceptors (Lipinski definition) is 5.